The molecule has 0 atom stereocenters. The maximum absolute atomic E-state index is 4.94. The average molecular weight is 202 g/mol. The second kappa shape index (κ2) is 3.72. The fourth-order valence-electron chi connectivity index (χ4n) is 1.35. The molecule has 2 nitrogen and oxygen atoms in total. The van der Waals surface area contributed by atoms with E-state index in [9.17, 15) is 0 Å². The summed E-state index contributed by atoms with van der Waals surface area (Å²) in [6.45, 7) is 2.07. The summed E-state index contributed by atoms with van der Waals surface area (Å²) < 4.78 is 0.655. The molecule has 0 bridgehead atoms. The Kier molecular flexibility index (Phi) is 2.41. The number of nitrogens with one attached hydrogen (secondary N) is 1. The molecule has 0 aliphatic heterocycles. The van der Waals surface area contributed by atoms with Crippen LogP contribution in [0.4, 0.5) is 0 Å². The molecular formula is C11H10N2S. The zero-order valence-corrected chi connectivity index (χ0v) is 8.64. The quantitative estimate of drug-likeness (QED) is 0.720. The first-order chi connectivity index (χ1) is 6.77. The summed E-state index contributed by atoms with van der Waals surface area (Å²) in [5.74, 6) is 0. The number of aromatic amines is 1. The molecule has 0 aliphatic carbocycles. The predicted octanol–water partition coefficient (Wildman–Crippen LogP) is 3.11. The van der Waals surface area contributed by atoms with Gasteiger partial charge in [0.1, 0.15) is 4.64 Å². The average Bonchev–Trinajstić information content (AvgIpc) is 2.20. The SMILES string of the molecule is Cc1ccccc1-c1ccc(=S)[nH]n1. The number of benzene rings is 1. The molecule has 0 saturated heterocycles. The van der Waals surface area contributed by atoms with E-state index in [1.54, 1.807) is 0 Å². The molecule has 1 heterocycles. The minimum absolute atomic E-state index is 0.655. The number of aromatic nitrogens is 2. The van der Waals surface area contributed by atoms with Gasteiger partial charge in [-0.2, -0.15) is 5.10 Å². The number of hydrogen-bond donors (Lipinski definition) is 1. The highest BCUT2D eigenvalue weighted by molar-refractivity contribution is 7.71. The monoisotopic (exact) mass is 202 g/mol. The Morgan fingerprint density at radius 2 is 1.93 bits per heavy atom. The fraction of sp³-hybridized carbons (Fsp3) is 0.0909. The molecule has 0 saturated carbocycles. The van der Waals surface area contributed by atoms with Crippen molar-refractivity contribution in [2.45, 2.75) is 6.92 Å². The number of aryl methyl sites for hydroxylation is 1. The van der Waals surface area contributed by atoms with E-state index in [1.165, 1.54) is 5.56 Å². The molecule has 0 fully saturated rings. The van der Waals surface area contributed by atoms with Crippen molar-refractivity contribution < 1.29 is 0 Å². The highest BCUT2D eigenvalue weighted by atomic mass is 32.1. The van der Waals surface area contributed by atoms with Crippen molar-refractivity contribution >= 4 is 12.2 Å². The smallest absolute Gasteiger partial charge is 0.119 e. The van der Waals surface area contributed by atoms with E-state index in [0.717, 1.165) is 11.3 Å². The number of H-pyrrole nitrogens is 1. The highest BCUT2D eigenvalue weighted by Crippen LogP contribution is 2.19. The molecule has 0 spiro atoms. The van der Waals surface area contributed by atoms with Gasteiger partial charge in [0.2, 0.25) is 0 Å². The lowest BCUT2D eigenvalue weighted by atomic mass is 10.1. The zero-order chi connectivity index (χ0) is 9.97. The minimum atomic E-state index is 0.655. The van der Waals surface area contributed by atoms with Crippen molar-refractivity contribution in [2.75, 3.05) is 0 Å². The second-order valence-corrected chi connectivity index (χ2v) is 3.56. The van der Waals surface area contributed by atoms with Gasteiger partial charge in [-0.15, -0.1) is 0 Å². The number of hydrogen-bond acceptors (Lipinski definition) is 2. The zero-order valence-electron chi connectivity index (χ0n) is 7.82. The van der Waals surface area contributed by atoms with Crippen molar-refractivity contribution in [3.63, 3.8) is 0 Å². The molecule has 14 heavy (non-hydrogen) atoms. The molecule has 0 aliphatic rings. The van der Waals surface area contributed by atoms with Gasteiger partial charge >= 0.3 is 0 Å². The lowest BCUT2D eigenvalue weighted by Gasteiger charge is -2.02. The minimum Gasteiger partial charge on any atom is -0.267 e. The Bertz CT molecular complexity index is 482. The summed E-state index contributed by atoms with van der Waals surface area (Å²) in [6.07, 6.45) is 0. The van der Waals surface area contributed by atoms with Crippen LogP contribution in [0.15, 0.2) is 36.4 Å². The van der Waals surface area contributed by atoms with Gasteiger partial charge in [-0.3, -0.25) is 5.10 Å². The van der Waals surface area contributed by atoms with Gasteiger partial charge in [0.05, 0.1) is 5.69 Å². The number of rotatable bonds is 1. The van der Waals surface area contributed by atoms with Crippen LogP contribution >= 0.6 is 12.2 Å². The molecule has 1 N–H and O–H groups in total. The van der Waals surface area contributed by atoms with Crippen molar-refractivity contribution in [2.24, 2.45) is 0 Å². The molecule has 0 radical (unpaired) electrons. The molecule has 2 rings (SSSR count). The Hall–Kier alpha value is -1.48. The molecule has 70 valence electrons. The van der Waals surface area contributed by atoms with Gasteiger partial charge in [0, 0.05) is 5.56 Å². The van der Waals surface area contributed by atoms with E-state index in [-0.39, 0.29) is 0 Å². The van der Waals surface area contributed by atoms with Gasteiger partial charge in [0.15, 0.2) is 0 Å². The topological polar surface area (TPSA) is 28.7 Å². The summed E-state index contributed by atoms with van der Waals surface area (Å²) >= 11 is 4.94. The molecule has 0 amide bonds. The van der Waals surface area contributed by atoms with E-state index in [1.807, 2.05) is 24.3 Å². The van der Waals surface area contributed by atoms with Crippen LogP contribution in [0.5, 0.6) is 0 Å². The summed E-state index contributed by atoms with van der Waals surface area (Å²) in [5.41, 5.74) is 3.28. The molecule has 2 aromatic rings. The van der Waals surface area contributed by atoms with E-state index in [2.05, 4.69) is 29.3 Å². The molecule has 1 aromatic carbocycles. The van der Waals surface area contributed by atoms with E-state index in [0.29, 0.717) is 4.64 Å². The van der Waals surface area contributed by atoms with Crippen LogP contribution in [0.25, 0.3) is 11.3 Å². The van der Waals surface area contributed by atoms with Crippen molar-refractivity contribution in [3.05, 3.63) is 46.6 Å². The Labute approximate surface area is 87.6 Å². The lowest BCUT2D eigenvalue weighted by molar-refractivity contribution is 1.02. The van der Waals surface area contributed by atoms with Crippen molar-refractivity contribution in [3.8, 4) is 11.3 Å². The molecule has 0 unspecified atom stereocenters. The van der Waals surface area contributed by atoms with Crippen LogP contribution in [0.1, 0.15) is 5.56 Å². The van der Waals surface area contributed by atoms with Gasteiger partial charge in [-0.1, -0.05) is 36.5 Å². The summed E-state index contributed by atoms with van der Waals surface area (Å²) in [7, 11) is 0. The standard InChI is InChI=1S/C11H10N2S/c1-8-4-2-3-5-9(8)10-6-7-11(14)13-12-10/h2-7H,1H3,(H,13,14). The fourth-order valence-corrected chi connectivity index (χ4v) is 1.47. The van der Waals surface area contributed by atoms with Gasteiger partial charge in [-0.05, 0) is 24.6 Å². The third-order valence-corrected chi connectivity index (χ3v) is 2.33. The third kappa shape index (κ3) is 1.72. The van der Waals surface area contributed by atoms with Gasteiger partial charge < -0.3 is 0 Å². The van der Waals surface area contributed by atoms with Crippen molar-refractivity contribution in [1.29, 1.82) is 0 Å². The Balaban J connectivity index is 2.55. The van der Waals surface area contributed by atoms with E-state index < -0.39 is 0 Å². The first-order valence-electron chi connectivity index (χ1n) is 4.39. The van der Waals surface area contributed by atoms with Crippen LogP contribution in [0, 0.1) is 11.6 Å². The largest absolute Gasteiger partial charge is 0.267 e. The Morgan fingerprint density at radius 1 is 1.14 bits per heavy atom. The van der Waals surface area contributed by atoms with Crippen LogP contribution < -0.4 is 0 Å². The van der Waals surface area contributed by atoms with Gasteiger partial charge in [-0.25, -0.2) is 0 Å². The number of nitrogens with zero attached hydrogens (tertiary/aromatic N) is 1. The van der Waals surface area contributed by atoms with Crippen LogP contribution in [0.3, 0.4) is 0 Å². The maximum atomic E-state index is 4.94. The lowest BCUT2D eigenvalue weighted by Crippen LogP contribution is -1.89. The molecule has 3 heteroatoms. The first-order valence-corrected chi connectivity index (χ1v) is 4.80. The maximum Gasteiger partial charge on any atom is 0.119 e. The highest BCUT2D eigenvalue weighted by Gasteiger charge is 2.00. The molecule has 1 aromatic heterocycles. The van der Waals surface area contributed by atoms with E-state index >= 15 is 0 Å². The van der Waals surface area contributed by atoms with Crippen molar-refractivity contribution in [1.82, 2.24) is 10.2 Å². The Morgan fingerprint density at radius 3 is 2.57 bits per heavy atom. The predicted molar refractivity (Wildman–Crippen MR) is 59.6 cm³/mol. The summed E-state index contributed by atoms with van der Waals surface area (Å²) in [5, 5.41) is 6.97. The second-order valence-electron chi connectivity index (χ2n) is 3.12. The van der Waals surface area contributed by atoms with Crippen LogP contribution in [0.2, 0.25) is 0 Å². The first kappa shape index (κ1) is 9.09. The normalized spacial score (nSPS) is 10.1. The van der Waals surface area contributed by atoms with Crippen LogP contribution in [-0.4, -0.2) is 10.2 Å². The summed E-state index contributed by atoms with van der Waals surface area (Å²) in [4.78, 5) is 0. The van der Waals surface area contributed by atoms with Crippen LogP contribution in [-0.2, 0) is 0 Å². The van der Waals surface area contributed by atoms with Gasteiger partial charge in [0.25, 0.3) is 0 Å². The molecular weight excluding hydrogens is 192 g/mol. The summed E-state index contributed by atoms with van der Waals surface area (Å²) in [6, 6.07) is 11.9. The van der Waals surface area contributed by atoms with E-state index in [4.69, 9.17) is 12.2 Å². The third-order valence-electron chi connectivity index (χ3n) is 2.10.